The van der Waals surface area contributed by atoms with Crippen molar-refractivity contribution in [2.24, 2.45) is 11.7 Å². The number of halogens is 2. The number of carbonyl (C=O) groups is 3. The number of nitrogens with one attached hydrogen (secondary N) is 1. The maximum Gasteiger partial charge on any atom is 0.247 e. The van der Waals surface area contributed by atoms with E-state index in [0.29, 0.717) is 18.4 Å². The first-order valence-corrected chi connectivity index (χ1v) is 11.7. The van der Waals surface area contributed by atoms with E-state index >= 15 is 0 Å². The highest BCUT2D eigenvalue weighted by Gasteiger charge is 2.43. The Balaban J connectivity index is 2.06. The van der Waals surface area contributed by atoms with Crippen molar-refractivity contribution in [3.05, 3.63) is 71.3 Å². The molecular weight excluding hydrogens is 448 g/mol. The summed E-state index contributed by atoms with van der Waals surface area (Å²) in [7, 11) is 0. The summed E-state index contributed by atoms with van der Waals surface area (Å²) >= 11 is 1.45. The Morgan fingerprint density at radius 1 is 1.15 bits per heavy atom. The predicted molar refractivity (Wildman–Crippen MR) is 123 cm³/mol. The van der Waals surface area contributed by atoms with Crippen molar-refractivity contribution < 1.29 is 23.2 Å². The number of hydrogen-bond acceptors (Lipinski definition) is 5. The second-order valence-electron chi connectivity index (χ2n) is 8.26. The van der Waals surface area contributed by atoms with Crippen LogP contribution in [0.25, 0.3) is 0 Å². The van der Waals surface area contributed by atoms with E-state index in [0.717, 1.165) is 22.6 Å². The molecule has 33 heavy (non-hydrogen) atoms. The zero-order chi connectivity index (χ0) is 24.1. The van der Waals surface area contributed by atoms with Crippen LogP contribution in [0.1, 0.15) is 30.2 Å². The van der Waals surface area contributed by atoms with Crippen molar-refractivity contribution in [2.75, 3.05) is 12.3 Å². The topological polar surface area (TPSA) is 92.5 Å². The van der Waals surface area contributed by atoms with Gasteiger partial charge in [-0.2, -0.15) is 0 Å². The SMILES string of the molecule is CC(C)[C@H](N)C(=O)N(C(=O)Cc1cc(F)cc(F)c1)[C@@H]1C(=O)NCCS[C@@H]1c1ccccc1. The first-order valence-electron chi connectivity index (χ1n) is 10.7. The van der Waals surface area contributed by atoms with Crippen LogP contribution in [0.4, 0.5) is 8.78 Å². The lowest BCUT2D eigenvalue weighted by Crippen LogP contribution is -2.58. The van der Waals surface area contributed by atoms with Gasteiger partial charge in [-0.25, -0.2) is 8.78 Å². The summed E-state index contributed by atoms with van der Waals surface area (Å²) in [6.45, 7) is 3.86. The lowest BCUT2D eigenvalue weighted by Gasteiger charge is -2.35. The first kappa shape index (κ1) is 24.9. The largest absolute Gasteiger partial charge is 0.353 e. The summed E-state index contributed by atoms with van der Waals surface area (Å²) in [5.41, 5.74) is 6.96. The molecule has 2 aromatic carbocycles. The molecule has 1 saturated heterocycles. The van der Waals surface area contributed by atoms with Crippen LogP contribution in [0.15, 0.2) is 48.5 Å². The molecule has 1 heterocycles. The van der Waals surface area contributed by atoms with Crippen LogP contribution in [0.2, 0.25) is 0 Å². The fourth-order valence-electron chi connectivity index (χ4n) is 3.70. The molecule has 0 spiro atoms. The molecule has 3 rings (SSSR count). The average molecular weight is 476 g/mol. The van der Waals surface area contributed by atoms with E-state index in [2.05, 4.69) is 5.32 Å². The van der Waals surface area contributed by atoms with Crippen LogP contribution in [-0.2, 0) is 20.8 Å². The van der Waals surface area contributed by atoms with Crippen molar-refractivity contribution in [2.45, 2.75) is 37.6 Å². The molecule has 0 unspecified atom stereocenters. The molecule has 6 nitrogen and oxygen atoms in total. The van der Waals surface area contributed by atoms with Crippen LogP contribution < -0.4 is 11.1 Å². The first-order chi connectivity index (χ1) is 15.7. The summed E-state index contributed by atoms with van der Waals surface area (Å²) in [4.78, 5) is 41.0. The third-order valence-corrected chi connectivity index (χ3v) is 6.78. The Kier molecular flexibility index (Phi) is 8.20. The van der Waals surface area contributed by atoms with E-state index < -0.39 is 53.1 Å². The van der Waals surface area contributed by atoms with Crippen molar-refractivity contribution in [1.82, 2.24) is 10.2 Å². The predicted octanol–water partition coefficient (Wildman–Crippen LogP) is 2.82. The van der Waals surface area contributed by atoms with Crippen LogP contribution in [-0.4, -0.2) is 47.0 Å². The highest BCUT2D eigenvalue weighted by molar-refractivity contribution is 7.99. The van der Waals surface area contributed by atoms with Crippen LogP contribution in [0.3, 0.4) is 0 Å². The highest BCUT2D eigenvalue weighted by atomic mass is 32.2. The Bertz CT molecular complexity index is 999. The third-order valence-electron chi connectivity index (χ3n) is 5.45. The monoisotopic (exact) mass is 475 g/mol. The summed E-state index contributed by atoms with van der Waals surface area (Å²) in [6.07, 6.45) is -0.457. The molecule has 3 amide bonds. The Hall–Kier alpha value is -2.78. The molecule has 0 aromatic heterocycles. The molecule has 3 atom stereocenters. The second kappa shape index (κ2) is 10.9. The lowest BCUT2D eigenvalue weighted by atomic mass is 9.98. The fraction of sp³-hybridized carbons (Fsp3) is 0.375. The highest BCUT2D eigenvalue weighted by Crippen LogP contribution is 2.37. The van der Waals surface area contributed by atoms with Gasteiger partial charge in [-0.05, 0) is 29.2 Å². The molecule has 1 fully saturated rings. The normalized spacial score (nSPS) is 19.5. The molecule has 1 aliphatic rings. The Labute approximate surface area is 195 Å². The molecule has 0 aliphatic carbocycles. The van der Waals surface area contributed by atoms with Gasteiger partial charge in [-0.15, -0.1) is 11.8 Å². The number of hydrogen-bond donors (Lipinski definition) is 2. The Morgan fingerprint density at radius 2 is 1.79 bits per heavy atom. The number of nitrogens with two attached hydrogens (primary N) is 1. The van der Waals surface area contributed by atoms with Gasteiger partial charge in [0.2, 0.25) is 17.7 Å². The maximum atomic E-state index is 13.7. The van der Waals surface area contributed by atoms with Crippen molar-refractivity contribution in [3.63, 3.8) is 0 Å². The van der Waals surface area contributed by atoms with E-state index in [1.54, 1.807) is 13.8 Å². The zero-order valence-electron chi connectivity index (χ0n) is 18.5. The van der Waals surface area contributed by atoms with Gasteiger partial charge in [0.05, 0.1) is 17.7 Å². The molecule has 2 aromatic rings. The number of amides is 3. The second-order valence-corrected chi connectivity index (χ2v) is 9.51. The molecule has 0 radical (unpaired) electrons. The van der Waals surface area contributed by atoms with Crippen LogP contribution in [0, 0.1) is 17.6 Å². The number of rotatable bonds is 6. The van der Waals surface area contributed by atoms with Gasteiger partial charge in [0.15, 0.2) is 0 Å². The molecule has 0 bridgehead atoms. The van der Waals surface area contributed by atoms with E-state index in [9.17, 15) is 23.2 Å². The van der Waals surface area contributed by atoms with Crippen LogP contribution >= 0.6 is 11.8 Å². The number of carbonyl (C=O) groups excluding carboxylic acids is 3. The van der Waals surface area contributed by atoms with Crippen molar-refractivity contribution in [1.29, 1.82) is 0 Å². The van der Waals surface area contributed by atoms with Gasteiger partial charge in [-0.3, -0.25) is 19.3 Å². The van der Waals surface area contributed by atoms with Gasteiger partial charge in [0, 0.05) is 18.4 Å². The molecular formula is C24H27F2N3O3S. The standard InChI is InChI=1S/C24H27F2N3O3S/c1-14(2)20(27)24(32)29(19(30)12-15-10-17(25)13-18(26)11-15)21-22(16-6-4-3-5-7-16)33-9-8-28-23(21)31/h3-7,10-11,13-14,20-22H,8-9,12,27H2,1-2H3,(H,28,31)/t20-,21-,22+/m0/s1. The smallest absolute Gasteiger partial charge is 0.247 e. The van der Waals surface area contributed by atoms with Gasteiger partial charge in [0.25, 0.3) is 0 Å². The van der Waals surface area contributed by atoms with Gasteiger partial charge in [0.1, 0.15) is 17.7 Å². The van der Waals surface area contributed by atoms with E-state index in [-0.39, 0.29) is 11.5 Å². The summed E-state index contributed by atoms with van der Waals surface area (Å²) in [5, 5.41) is 2.25. The van der Waals surface area contributed by atoms with Crippen LogP contribution in [0.5, 0.6) is 0 Å². The third kappa shape index (κ3) is 5.97. The zero-order valence-corrected chi connectivity index (χ0v) is 19.3. The number of thioether (sulfide) groups is 1. The summed E-state index contributed by atoms with van der Waals surface area (Å²) in [5.74, 6) is -3.30. The Morgan fingerprint density at radius 3 is 2.39 bits per heavy atom. The molecule has 0 saturated carbocycles. The van der Waals surface area contributed by atoms with Crippen molar-refractivity contribution in [3.8, 4) is 0 Å². The van der Waals surface area contributed by atoms with Gasteiger partial charge < -0.3 is 11.1 Å². The molecule has 9 heteroatoms. The summed E-state index contributed by atoms with van der Waals surface area (Å²) < 4.78 is 27.4. The van der Waals surface area contributed by atoms with E-state index in [1.807, 2.05) is 30.3 Å². The minimum Gasteiger partial charge on any atom is -0.353 e. The molecule has 1 aliphatic heterocycles. The summed E-state index contributed by atoms with van der Waals surface area (Å²) in [6, 6.07) is 9.71. The van der Waals surface area contributed by atoms with Gasteiger partial charge in [-0.1, -0.05) is 44.2 Å². The molecule has 3 N–H and O–H groups in total. The number of nitrogens with zero attached hydrogens (tertiary/aromatic N) is 1. The average Bonchev–Trinajstić information content (AvgIpc) is 2.95. The minimum absolute atomic E-state index is 0.0614. The number of imide groups is 1. The van der Waals surface area contributed by atoms with Crippen molar-refractivity contribution >= 4 is 29.5 Å². The van der Waals surface area contributed by atoms with Gasteiger partial charge >= 0.3 is 0 Å². The van der Waals surface area contributed by atoms with E-state index in [4.69, 9.17) is 5.73 Å². The lowest BCUT2D eigenvalue weighted by molar-refractivity contribution is -0.153. The fourth-order valence-corrected chi connectivity index (χ4v) is 4.95. The quantitative estimate of drug-likeness (QED) is 0.670. The minimum atomic E-state index is -1.16. The number of benzene rings is 2. The maximum absolute atomic E-state index is 13.7. The van der Waals surface area contributed by atoms with E-state index in [1.165, 1.54) is 11.8 Å². The molecule has 176 valence electrons.